The molecule has 3 aromatic rings. The van der Waals surface area contributed by atoms with Crippen molar-refractivity contribution in [2.24, 2.45) is 0 Å². The summed E-state index contributed by atoms with van der Waals surface area (Å²) in [7, 11) is 0. The van der Waals surface area contributed by atoms with Gasteiger partial charge in [0.05, 0.1) is 23.7 Å². The SMILES string of the molecule is O=C(C[C@H]1c2ncccc2C(=O)N1c1ccccc1)NCc1cccc(F)c1. The molecule has 0 spiro atoms. The van der Waals surface area contributed by atoms with Gasteiger partial charge < -0.3 is 5.32 Å². The van der Waals surface area contributed by atoms with Gasteiger partial charge in [-0.05, 0) is 42.0 Å². The van der Waals surface area contributed by atoms with Crippen LogP contribution in [0.2, 0.25) is 0 Å². The molecule has 1 N–H and O–H groups in total. The number of amides is 2. The molecule has 0 saturated carbocycles. The monoisotopic (exact) mass is 375 g/mol. The van der Waals surface area contributed by atoms with E-state index in [1.165, 1.54) is 12.1 Å². The topological polar surface area (TPSA) is 62.3 Å². The summed E-state index contributed by atoms with van der Waals surface area (Å²) in [6.07, 6.45) is 1.69. The van der Waals surface area contributed by atoms with Gasteiger partial charge in [0.25, 0.3) is 5.91 Å². The number of hydrogen-bond donors (Lipinski definition) is 1. The third-order valence-electron chi connectivity index (χ3n) is 4.71. The van der Waals surface area contributed by atoms with Crippen LogP contribution in [0.1, 0.15) is 34.1 Å². The minimum atomic E-state index is -0.487. The van der Waals surface area contributed by atoms with Crippen molar-refractivity contribution < 1.29 is 14.0 Å². The molecule has 2 aromatic carbocycles. The predicted octanol–water partition coefficient (Wildman–Crippen LogP) is 3.63. The van der Waals surface area contributed by atoms with E-state index < -0.39 is 6.04 Å². The number of para-hydroxylation sites is 1. The van der Waals surface area contributed by atoms with Crippen LogP contribution in [-0.4, -0.2) is 16.8 Å². The third kappa shape index (κ3) is 3.49. The van der Waals surface area contributed by atoms with Gasteiger partial charge in [-0.15, -0.1) is 0 Å². The molecule has 140 valence electrons. The average Bonchev–Trinajstić information content (AvgIpc) is 2.99. The lowest BCUT2D eigenvalue weighted by Crippen LogP contribution is -2.32. The maximum absolute atomic E-state index is 13.3. The molecular weight excluding hydrogens is 357 g/mol. The highest BCUT2D eigenvalue weighted by Gasteiger charge is 2.39. The molecule has 1 aromatic heterocycles. The van der Waals surface area contributed by atoms with E-state index in [9.17, 15) is 14.0 Å². The van der Waals surface area contributed by atoms with Crippen LogP contribution in [0, 0.1) is 5.82 Å². The Morgan fingerprint density at radius 3 is 2.68 bits per heavy atom. The second-order valence-electron chi connectivity index (χ2n) is 6.57. The van der Waals surface area contributed by atoms with Crippen LogP contribution in [0.25, 0.3) is 0 Å². The number of fused-ring (bicyclic) bond motifs is 1. The molecule has 0 saturated heterocycles. The van der Waals surface area contributed by atoms with Gasteiger partial charge in [-0.25, -0.2) is 4.39 Å². The molecule has 2 heterocycles. The number of rotatable bonds is 5. The van der Waals surface area contributed by atoms with Gasteiger partial charge in [-0.3, -0.25) is 19.5 Å². The van der Waals surface area contributed by atoms with E-state index in [1.54, 1.807) is 35.4 Å². The molecule has 0 aliphatic carbocycles. The van der Waals surface area contributed by atoms with Gasteiger partial charge in [0.15, 0.2) is 0 Å². The summed E-state index contributed by atoms with van der Waals surface area (Å²) in [6, 6.07) is 18.3. The molecule has 6 heteroatoms. The summed E-state index contributed by atoms with van der Waals surface area (Å²) in [6.45, 7) is 0.220. The number of carbonyl (C=O) groups is 2. The Hall–Kier alpha value is -3.54. The van der Waals surface area contributed by atoms with Gasteiger partial charge in [-0.1, -0.05) is 30.3 Å². The van der Waals surface area contributed by atoms with Crippen LogP contribution >= 0.6 is 0 Å². The van der Waals surface area contributed by atoms with Crippen molar-refractivity contribution >= 4 is 17.5 Å². The highest BCUT2D eigenvalue weighted by atomic mass is 19.1. The molecular formula is C22H18FN3O2. The number of carbonyl (C=O) groups excluding carboxylic acids is 2. The highest BCUT2D eigenvalue weighted by molar-refractivity contribution is 6.11. The number of nitrogens with zero attached hydrogens (tertiary/aromatic N) is 2. The van der Waals surface area contributed by atoms with Gasteiger partial charge in [0, 0.05) is 18.4 Å². The molecule has 5 nitrogen and oxygen atoms in total. The maximum atomic E-state index is 13.3. The van der Waals surface area contributed by atoms with Crippen molar-refractivity contribution in [3.05, 3.63) is 95.6 Å². The first-order valence-corrected chi connectivity index (χ1v) is 8.98. The van der Waals surface area contributed by atoms with Crippen molar-refractivity contribution in [3.8, 4) is 0 Å². The van der Waals surface area contributed by atoms with E-state index in [4.69, 9.17) is 0 Å². The minimum Gasteiger partial charge on any atom is -0.352 e. The Balaban J connectivity index is 1.55. The number of halogens is 1. The quantitative estimate of drug-likeness (QED) is 0.741. The van der Waals surface area contributed by atoms with Crippen LogP contribution in [0.3, 0.4) is 0 Å². The maximum Gasteiger partial charge on any atom is 0.260 e. The highest BCUT2D eigenvalue weighted by Crippen LogP contribution is 2.38. The minimum absolute atomic E-state index is 0.0694. The normalized spacial score (nSPS) is 15.4. The summed E-state index contributed by atoms with van der Waals surface area (Å²) in [5, 5.41) is 2.80. The number of anilines is 1. The largest absolute Gasteiger partial charge is 0.352 e. The molecule has 1 aliphatic rings. The summed E-state index contributed by atoms with van der Waals surface area (Å²) in [5.74, 6) is -0.750. The van der Waals surface area contributed by atoms with Gasteiger partial charge in [-0.2, -0.15) is 0 Å². The Kier molecular flexibility index (Phi) is 4.85. The molecule has 1 atom stereocenters. The first kappa shape index (κ1) is 17.9. The van der Waals surface area contributed by atoms with E-state index in [-0.39, 0.29) is 30.6 Å². The number of hydrogen-bond acceptors (Lipinski definition) is 3. The third-order valence-corrected chi connectivity index (χ3v) is 4.71. The zero-order valence-corrected chi connectivity index (χ0v) is 15.0. The van der Waals surface area contributed by atoms with E-state index >= 15 is 0 Å². The fourth-order valence-electron chi connectivity index (χ4n) is 3.43. The smallest absolute Gasteiger partial charge is 0.260 e. The zero-order valence-electron chi connectivity index (χ0n) is 15.0. The van der Waals surface area contributed by atoms with E-state index in [1.807, 2.05) is 30.3 Å². The summed E-state index contributed by atoms with van der Waals surface area (Å²) in [4.78, 5) is 31.5. The molecule has 0 fully saturated rings. The predicted molar refractivity (Wildman–Crippen MR) is 103 cm³/mol. The second kappa shape index (κ2) is 7.60. The zero-order chi connectivity index (χ0) is 19.5. The standard InChI is InChI=1S/C22H18FN3O2/c23-16-7-4-6-15(12-16)14-25-20(27)13-19-21-18(10-5-11-24-21)22(28)26(19)17-8-2-1-3-9-17/h1-12,19H,13-14H2,(H,25,27)/t19-/m0/s1. The summed E-state index contributed by atoms with van der Waals surface area (Å²) in [5.41, 5.74) is 2.49. The van der Waals surface area contributed by atoms with E-state index in [2.05, 4.69) is 10.3 Å². The molecule has 1 aliphatic heterocycles. The Morgan fingerprint density at radius 1 is 1.07 bits per heavy atom. The van der Waals surface area contributed by atoms with Crippen LogP contribution in [-0.2, 0) is 11.3 Å². The molecule has 0 bridgehead atoms. The van der Waals surface area contributed by atoms with Gasteiger partial charge in [0.2, 0.25) is 5.91 Å². The number of benzene rings is 2. The van der Waals surface area contributed by atoms with Gasteiger partial charge >= 0.3 is 0 Å². The molecule has 4 rings (SSSR count). The van der Waals surface area contributed by atoms with Crippen molar-refractivity contribution in [3.63, 3.8) is 0 Å². The van der Waals surface area contributed by atoms with Crippen LogP contribution in [0.15, 0.2) is 72.9 Å². The molecule has 28 heavy (non-hydrogen) atoms. The fourth-order valence-corrected chi connectivity index (χ4v) is 3.43. The summed E-state index contributed by atoms with van der Waals surface area (Å²) >= 11 is 0. The fraction of sp³-hybridized carbons (Fsp3) is 0.136. The average molecular weight is 375 g/mol. The van der Waals surface area contributed by atoms with Crippen LogP contribution < -0.4 is 10.2 Å². The lowest BCUT2D eigenvalue weighted by Gasteiger charge is -2.24. The number of pyridine rings is 1. The van der Waals surface area contributed by atoms with Crippen molar-refractivity contribution in [1.29, 1.82) is 0 Å². The van der Waals surface area contributed by atoms with E-state index in [0.717, 1.165) is 0 Å². The Morgan fingerprint density at radius 2 is 1.89 bits per heavy atom. The Bertz CT molecular complexity index is 1020. The van der Waals surface area contributed by atoms with Crippen molar-refractivity contribution in [2.45, 2.75) is 19.0 Å². The van der Waals surface area contributed by atoms with Crippen molar-refractivity contribution in [1.82, 2.24) is 10.3 Å². The van der Waals surface area contributed by atoms with Crippen LogP contribution in [0.4, 0.5) is 10.1 Å². The molecule has 0 unspecified atom stereocenters. The summed E-state index contributed by atoms with van der Waals surface area (Å²) < 4.78 is 13.3. The second-order valence-corrected chi connectivity index (χ2v) is 6.57. The molecule has 2 amide bonds. The van der Waals surface area contributed by atoms with E-state index in [0.29, 0.717) is 22.5 Å². The van der Waals surface area contributed by atoms with Crippen LogP contribution in [0.5, 0.6) is 0 Å². The molecule has 0 radical (unpaired) electrons. The lowest BCUT2D eigenvalue weighted by atomic mass is 10.1. The first-order chi connectivity index (χ1) is 13.6. The number of nitrogens with one attached hydrogen (secondary N) is 1. The lowest BCUT2D eigenvalue weighted by molar-refractivity contribution is -0.121. The first-order valence-electron chi connectivity index (χ1n) is 8.98. The van der Waals surface area contributed by atoms with Crippen molar-refractivity contribution in [2.75, 3.05) is 4.90 Å². The Labute approximate surface area is 161 Å². The van der Waals surface area contributed by atoms with Gasteiger partial charge in [0.1, 0.15) is 5.82 Å². The number of aromatic nitrogens is 1.